The number of amides is 1. The van der Waals surface area contributed by atoms with E-state index in [0.29, 0.717) is 22.8 Å². The first-order chi connectivity index (χ1) is 13.4. The molecule has 1 heterocycles. The molecule has 5 nitrogen and oxygen atoms in total. The molecule has 1 amide bonds. The van der Waals surface area contributed by atoms with Gasteiger partial charge in [-0.25, -0.2) is 0 Å². The summed E-state index contributed by atoms with van der Waals surface area (Å²) in [5.41, 5.74) is 0.728. The van der Waals surface area contributed by atoms with Crippen molar-refractivity contribution in [2.75, 3.05) is 42.3 Å². The second-order valence-electron chi connectivity index (χ2n) is 6.53. The van der Waals surface area contributed by atoms with Gasteiger partial charge in [-0.3, -0.25) is 4.79 Å². The quantitative estimate of drug-likeness (QED) is 0.766. The number of nitrogens with one attached hydrogen (secondary N) is 2. The third-order valence-electron chi connectivity index (χ3n) is 4.59. The number of carbonyl (C=O) groups is 1. The molecule has 8 heteroatoms. The van der Waals surface area contributed by atoms with Crippen LogP contribution in [0.3, 0.4) is 0 Å². The Morgan fingerprint density at radius 3 is 2.50 bits per heavy atom. The number of carbonyl (C=O) groups excluding carboxylic acids is 1. The van der Waals surface area contributed by atoms with Crippen LogP contribution in [0.25, 0.3) is 0 Å². The average Bonchev–Trinajstić information content (AvgIpc) is 3.20. The maximum absolute atomic E-state index is 13.1. The number of methoxy groups -OCH3 is 1. The molecule has 0 saturated carbocycles. The first-order valence-corrected chi connectivity index (χ1v) is 9.01. The van der Waals surface area contributed by atoms with Gasteiger partial charge >= 0.3 is 6.18 Å². The molecule has 2 N–H and O–H groups in total. The fourth-order valence-electron chi connectivity index (χ4n) is 3.21. The topological polar surface area (TPSA) is 53.6 Å². The van der Waals surface area contributed by atoms with Gasteiger partial charge in [0.25, 0.3) is 0 Å². The molecule has 2 aromatic rings. The van der Waals surface area contributed by atoms with Gasteiger partial charge in [-0.15, -0.1) is 0 Å². The van der Waals surface area contributed by atoms with Crippen LogP contribution in [0.15, 0.2) is 42.5 Å². The summed E-state index contributed by atoms with van der Waals surface area (Å²) < 4.78 is 44.5. The van der Waals surface area contributed by atoms with Crippen molar-refractivity contribution in [3.05, 3.63) is 48.0 Å². The molecule has 0 aromatic heterocycles. The summed E-state index contributed by atoms with van der Waals surface area (Å²) >= 11 is 0. The van der Waals surface area contributed by atoms with Crippen molar-refractivity contribution in [3.8, 4) is 5.75 Å². The summed E-state index contributed by atoms with van der Waals surface area (Å²) in [4.78, 5) is 14.3. The number of hydrogen-bond acceptors (Lipinski definition) is 4. The van der Waals surface area contributed by atoms with Gasteiger partial charge < -0.3 is 20.3 Å². The number of anilines is 3. The van der Waals surface area contributed by atoms with E-state index < -0.39 is 11.7 Å². The van der Waals surface area contributed by atoms with Crippen LogP contribution in [-0.2, 0) is 11.0 Å². The Morgan fingerprint density at radius 2 is 1.82 bits per heavy atom. The number of hydrogen-bond donors (Lipinski definition) is 2. The third kappa shape index (κ3) is 4.68. The Balaban J connectivity index is 1.75. The summed E-state index contributed by atoms with van der Waals surface area (Å²) in [7, 11) is 1.49. The van der Waals surface area contributed by atoms with E-state index in [1.54, 1.807) is 24.3 Å². The molecule has 0 spiro atoms. The molecule has 0 bridgehead atoms. The maximum atomic E-state index is 13.1. The van der Waals surface area contributed by atoms with Gasteiger partial charge in [0.15, 0.2) is 0 Å². The van der Waals surface area contributed by atoms with E-state index in [9.17, 15) is 18.0 Å². The number of rotatable bonds is 6. The lowest BCUT2D eigenvalue weighted by Gasteiger charge is -2.23. The molecule has 150 valence electrons. The van der Waals surface area contributed by atoms with Crippen molar-refractivity contribution < 1.29 is 22.7 Å². The van der Waals surface area contributed by atoms with Crippen LogP contribution < -0.4 is 20.3 Å². The van der Waals surface area contributed by atoms with Crippen LogP contribution in [-0.4, -0.2) is 32.7 Å². The highest BCUT2D eigenvalue weighted by atomic mass is 19.4. The second kappa shape index (κ2) is 8.41. The Hall–Kier alpha value is -2.90. The van der Waals surface area contributed by atoms with Gasteiger partial charge in [-0.2, -0.15) is 13.2 Å². The minimum Gasteiger partial charge on any atom is -0.495 e. The van der Waals surface area contributed by atoms with Crippen molar-refractivity contribution in [3.63, 3.8) is 0 Å². The first kappa shape index (κ1) is 19.9. The number of ether oxygens (including phenoxy) is 1. The van der Waals surface area contributed by atoms with Gasteiger partial charge in [-0.1, -0.05) is 12.1 Å². The number of nitrogens with zero attached hydrogens (tertiary/aromatic N) is 1. The van der Waals surface area contributed by atoms with Crippen LogP contribution in [0.1, 0.15) is 18.4 Å². The Labute approximate surface area is 161 Å². The van der Waals surface area contributed by atoms with Crippen LogP contribution >= 0.6 is 0 Å². The molecular formula is C20H22F3N3O2. The van der Waals surface area contributed by atoms with E-state index in [0.717, 1.165) is 38.1 Å². The maximum Gasteiger partial charge on any atom is 0.416 e. The lowest BCUT2D eigenvalue weighted by molar-refractivity contribution is -0.137. The molecule has 0 unspecified atom stereocenters. The Kier molecular flexibility index (Phi) is 5.96. The molecule has 3 rings (SSSR count). The smallest absolute Gasteiger partial charge is 0.416 e. The summed E-state index contributed by atoms with van der Waals surface area (Å²) in [5.74, 6) is 0.127. The highest BCUT2D eigenvalue weighted by Gasteiger charge is 2.31. The van der Waals surface area contributed by atoms with Crippen LogP contribution in [0, 0.1) is 0 Å². The molecule has 28 heavy (non-hydrogen) atoms. The number of alkyl halides is 3. The fourth-order valence-corrected chi connectivity index (χ4v) is 3.21. The SMILES string of the molecule is COc1ccccc1NC(=O)CNc1cc(C(F)(F)F)ccc1N1CCCC1. The molecule has 1 aliphatic heterocycles. The highest BCUT2D eigenvalue weighted by Crippen LogP contribution is 2.36. The minimum absolute atomic E-state index is 0.166. The van der Waals surface area contributed by atoms with Crippen LogP contribution in [0.4, 0.5) is 30.2 Å². The predicted octanol–water partition coefficient (Wildman–Crippen LogP) is 4.36. The predicted molar refractivity (Wildman–Crippen MR) is 103 cm³/mol. The molecule has 0 aliphatic carbocycles. The number of halogens is 3. The van der Waals surface area contributed by atoms with E-state index in [4.69, 9.17) is 4.74 Å². The molecule has 0 radical (unpaired) electrons. The van der Waals surface area contributed by atoms with Gasteiger partial charge in [0, 0.05) is 13.1 Å². The van der Waals surface area contributed by atoms with Crippen molar-refractivity contribution in [2.24, 2.45) is 0 Å². The monoisotopic (exact) mass is 393 g/mol. The van der Waals surface area contributed by atoms with Crippen molar-refractivity contribution >= 4 is 23.0 Å². The molecular weight excluding hydrogens is 371 g/mol. The molecule has 2 aromatic carbocycles. The lowest BCUT2D eigenvalue weighted by atomic mass is 10.1. The van der Waals surface area contributed by atoms with Gasteiger partial charge in [0.1, 0.15) is 5.75 Å². The van der Waals surface area contributed by atoms with E-state index in [1.165, 1.54) is 13.2 Å². The largest absolute Gasteiger partial charge is 0.495 e. The van der Waals surface area contributed by atoms with E-state index in [-0.39, 0.29) is 12.5 Å². The van der Waals surface area contributed by atoms with Crippen molar-refractivity contribution in [1.82, 2.24) is 0 Å². The average molecular weight is 393 g/mol. The fraction of sp³-hybridized carbons (Fsp3) is 0.350. The zero-order valence-corrected chi connectivity index (χ0v) is 15.5. The van der Waals surface area contributed by atoms with Gasteiger partial charge in [0.05, 0.1) is 36.3 Å². The molecule has 1 saturated heterocycles. The standard InChI is InChI=1S/C20H22F3N3O2/c1-28-18-7-3-2-6-15(18)25-19(27)13-24-16-12-14(20(21,22)23)8-9-17(16)26-10-4-5-11-26/h2-3,6-9,12,24H,4-5,10-11,13H2,1H3,(H,25,27). The van der Waals surface area contributed by atoms with Gasteiger partial charge in [0.2, 0.25) is 5.91 Å². The second-order valence-corrected chi connectivity index (χ2v) is 6.53. The summed E-state index contributed by atoms with van der Waals surface area (Å²) in [6, 6.07) is 10.5. The van der Waals surface area contributed by atoms with Gasteiger partial charge in [-0.05, 0) is 43.2 Å². The normalized spacial score (nSPS) is 14.1. The van der Waals surface area contributed by atoms with E-state index in [2.05, 4.69) is 10.6 Å². The van der Waals surface area contributed by atoms with Crippen molar-refractivity contribution in [1.29, 1.82) is 0 Å². The molecule has 1 fully saturated rings. The molecule has 1 aliphatic rings. The highest BCUT2D eigenvalue weighted by molar-refractivity contribution is 5.95. The van der Waals surface area contributed by atoms with E-state index in [1.807, 2.05) is 4.90 Å². The Morgan fingerprint density at radius 1 is 1.11 bits per heavy atom. The zero-order valence-electron chi connectivity index (χ0n) is 15.5. The zero-order chi connectivity index (χ0) is 20.1. The summed E-state index contributed by atoms with van der Waals surface area (Å²) in [6.45, 7) is 1.40. The molecule has 0 atom stereocenters. The Bertz CT molecular complexity index is 834. The van der Waals surface area contributed by atoms with Crippen LogP contribution in [0.5, 0.6) is 5.75 Å². The van der Waals surface area contributed by atoms with Crippen LogP contribution in [0.2, 0.25) is 0 Å². The summed E-state index contributed by atoms with van der Waals surface area (Å²) in [5, 5.41) is 5.57. The van der Waals surface area contributed by atoms with E-state index >= 15 is 0 Å². The lowest BCUT2D eigenvalue weighted by Crippen LogP contribution is -2.25. The van der Waals surface area contributed by atoms with Crippen molar-refractivity contribution in [2.45, 2.75) is 19.0 Å². The first-order valence-electron chi connectivity index (χ1n) is 9.01. The third-order valence-corrected chi connectivity index (χ3v) is 4.59. The number of benzene rings is 2. The number of para-hydroxylation sites is 2. The summed E-state index contributed by atoms with van der Waals surface area (Å²) in [6.07, 6.45) is -2.46. The minimum atomic E-state index is -4.44.